The van der Waals surface area contributed by atoms with Crippen LogP contribution in [0.15, 0.2) is 42.9 Å². The zero-order valence-corrected chi connectivity index (χ0v) is 15.3. The zero-order valence-electron chi connectivity index (χ0n) is 15.3. The van der Waals surface area contributed by atoms with Crippen molar-refractivity contribution in [2.24, 2.45) is 0 Å². The van der Waals surface area contributed by atoms with E-state index < -0.39 is 0 Å². The van der Waals surface area contributed by atoms with Crippen LogP contribution in [0.1, 0.15) is 18.4 Å². The Morgan fingerprint density at radius 3 is 2.96 bits per heavy atom. The summed E-state index contributed by atoms with van der Waals surface area (Å²) in [7, 11) is 1.60. The highest BCUT2D eigenvalue weighted by atomic mass is 16.2. The van der Waals surface area contributed by atoms with Gasteiger partial charge in [-0.2, -0.15) is 0 Å². The maximum atomic E-state index is 12.4. The Morgan fingerprint density at radius 2 is 2.19 bits per heavy atom. The molecule has 0 aliphatic carbocycles. The fourth-order valence-electron chi connectivity index (χ4n) is 3.14. The third-order valence-electron chi connectivity index (χ3n) is 4.46. The van der Waals surface area contributed by atoms with Crippen LogP contribution in [-0.4, -0.2) is 48.1 Å². The van der Waals surface area contributed by atoms with Crippen molar-refractivity contribution in [3.8, 4) is 0 Å². The fraction of sp³-hybridized carbons (Fsp3) is 0.368. The van der Waals surface area contributed by atoms with Gasteiger partial charge in [0.05, 0.1) is 12.6 Å². The predicted molar refractivity (Wildman–Crippen MR) is 104 cm³/mol. The highest BCUT2D eigenvalue weighted by Crippen LogP contribution is 2.17. The molecule has 3 N–H and O–H groups in total. The highest BCUT2D eigenvalue weighted by molar-refractivity contribution is 5.89. The average Bonchev–Trinajstić information content (AvgIpc) is 2.69. The minimum Gasteiger partial charge on any atom is -0.359 e. The Morgan fingerprint density at radius 1 is 1.30 bits per heavy atom. The first kappa shape index (κ1) is 18.6. The molecule has 3 rings (SSSR count). The molecule has 0 radical (unpaired) electrons. The monoisotopic (exact) mass is 368 g/mol. The van der Waals surface area contributed by atoms with Crippen LogP contribution in [0.4, 0.5) is 16.3 Å². The number of nitrogens with one attached hydrogen (secondary N) is 3. The maximum Gasteiger partial charge on any atom is 0.319 e. The third-order valence-corrected chi connectivity index (χ3v) is 4.46. The van der Waals surface area contributed by atoms with Crippen LogP contribution in [-0.2, 0) is 11.2 Å². The minimum absolute atomic E-state index is 0.0369. The molecule has 0 saturated carbocycles. The van der Waals surface area contributed by atoms with Crippen molar-refractivity contribution in [3.05, 3.63) is 48.4 Å². The van der Waals surface area contributed by atoms with Crippen molar-refractivity contribution in [1.29, 1.82) is 0 Å². The van der Waals surface area contributed by atoms with E-state index in [0.29, 0.717) is 12.2 Å². The topological polar surface area (TPSA) is 99.2 Å². The maximum absolute atomic E-state index is 12.4. The molecule has 8 nitrogen and oxygen atoms in total. The molecule has 8 heteroatoms. The molecule has 1 atom stereocenters. The van der Waals surface area contributed by atoms with Crippen LogP contribution in [0, 0.1) is 0 Å². The summed E-state index contributed by atoms with van der Waals surface area (Å²) in [6.45, 7) is 1.60. The minimum atomic E-state index is -0.252. The number of amides is 3. The van der Waals surface area contributed by atoms with Crippen LogP contribution in [0.5, 0.6) is 0 Å². The summed E-state index contributed by atoms with van der Waals surface area (Å²) in [4.78, 5) is 34.4. The summed E-state index contributed by atoms with van der Waals surface area (Å²) in [5.41, 5.74) is 1.51. The van der Waals surface area contributed by atoms with E-state index in [0.717, 1.165) is 30.8 Å². The van der Waals surface area contributed by atoms with Crippen LogP contribution >= 0.6 is 0 Å². The lowest BCUT2D eigenvalue weighted by molar-refractivity contribution is -0.119. The summed E-state index contributed by atoms with van der Waals surface area (Å²) < 4.78 is 0. The first-order chi connectivity index (χ1) is 13.1. The molecule has 1 unspecified atom stereocenters. The molecule has 2 heterocycles. The van der Waals surface area contributed by atoms with E-state index in [1.165, 1.54) is 0 Å². The van der Waals surface area contributed by atoms with Crippen molar-refractivity contribution in [3.63, 3.8) is 0 Å². The number of rotatable bonds is 5. The van der Waals surface area contributed by atoms with Crippen molar-refractivity contribution >= 4 is 23.4 Å². The molecule has 2 aromatic rings. The highest BCUT2D eigenvalue weighted by Gasteiger charge is 2.22. The molecule has 3 amide bonds. The van der Waals surface area contributed by atoms with Crippen LogP contribution in [0.2, 0.25) is 0 Å². The first-order valence-electron chi connectivity index (χ1n) is 9.02. The van der Waals surface area contributed by atoms with Gasteiger partial charge in [-0.15, -0.1) is 0 Å². The Hall–Kier alpha value is -3.16. The van der Waals surface area contributed by atoms with E-state index in [9.17, 15) is 9.59 Å². The molecule has 0 spiro atoms. The number of aromatic nitrogens is 2. The number of carbonyl (C=O) groups is 2. The summed E-state index contributed by atoms with van der Waals surface area (Å²) in [5.74, 6) is 0.759. The van der Waals surface area contributed by atoms with Gasteiger partial charge in [0, 0.05) is 44.3 Å². The SMILES string of the molecule is CNC(=O)Cc1cccc(NC(=O)NC2CCCN(c3cnccn3)C2)c1. The second-order valence-electron chi connectivity index (χ2n) is 6.50. The molecular weight excluding hydrogens is 344 g/mol. The van der Waals surface area contributed by atoms with Gasteiger partial charge < -0.3 is 20.9 Å². The smallest absolute Gasteiger partial charge is 0.319 e. The van der Waals surface area contributed by atoms with Crippen LogP contribution < -0.4 is 20.9 Å². The van der Waals surface area contributed by atoms with E-state index in [4.69, 9.17) is 0 Å². The standard InChI is InChI=1S/C19H24N6O2/c1-20-18(26)11-14-4-2-5-15(10-14)23-19(27)24-16-6-3-9-25(13-16)17-12-21-7-8-22-17/h2,4-5,7-8,10,12,16H,3,6,9,11,13H2,1H3,(H,20,26)(H2,23,24,27). The van der Waals surface area contributed by atoms with Crippen LogP contribution in [0.25, 0.3) is 0 Å². The van der Waals surface area contributed by atoms with E-state index in [1.54, 1.807) is 31.7 Å². The molecule has 1 fully saturated rings. The van der Waals surface area contributed by atoms with E-state index >= 15 is 0 Å². The zero-order chi connectivity index (χ0) is 19.1. The molecule has 27 heavy (non-hydrogen) atoms. The van der Waals surface area contributed by atoms with E-state index in [1.807, 2.05) is 18.2 Å². The second kappa shape index (κ2) is 8.98. The number of nitrogens with zero attached hydrogens (tertiary/aromatic N) is 3. The first-order valence-corrected chi connectivity index (χ1v) is 9.02. The molecule has 1 aromatic heterocycles. The lowest BCUT2D eigenvalue weighted by Gasteiger charge is -2.33. The van der Waals surface area contributed by atoms with Gasteiger partial charge in [-0.1, -0.05) is 12.1 Å². The molecule has 1 aliphatic rings. The Kier molecular flexibility index (Phi) is 6.19. The number of hydrogen-bond donors (Lipinski definition) is 3. The summed E-state index contributed by atoms with van der Waals surface area (Å²) in [5, 5.41) is 8.46. The van der Waals surface area contributed by atoms with Gasteiger partial charge in [-0.05, 0) is 30.5 Å². The third kappa shape index (κ3) is 5.40. The largest absolute Gasteiger partial charge is 0.359 e. The number of benzene rings is 1. The van der Waals surface area contributed by atoms with Gasteiger partial charge in [0.25, 0.3) is 0 Å². The summed E-state index contributed by atoms with van der Waals surface area (Å²) >= 11 is 0. The van der Waals surface area contributed by atoms with E-state index in [2.05, 4.69) is 30.8 Å². The molecular formula is C19H24N6O2. The number of piperidine rings is 1. The quantitative estimate of drug-likeness (QED) is 0.744. The van der Waals surface area contributed by atoms with Gasteiger partial charge in [0.15, 0.2) is 0 Å². The number of anilines is 2. The summed E-state index contributed by atoms with van der Waals surface area (Å²) in [6.07, 6.45) is 7.23. The summed E-state index contributed by atoms with van der Waals surface area (Å²) in [6, 6.07) is 7.08. The van der Waals surface area contributed by atoms with Gasteiger partial charge >= 0.3 is 6.03 Å². The fourth-order valence-corrected chi connectivity index (χ4v) is 3.14. The Labute approximate surface area is 158 Å². The Bertz CT molecular complexity index is 783. The lowest BCUT2D eigenvalue weighted by atomic mass is 10.1. The number of carbonyl (C=O) groups excluding carboxylic acids is 2. The van der Waals surface area contributed by atoms with Gasteiger partial charge in [-0.25, -0.2) is 9.78 Å². The Balaban J connectivity index is 1.54. The van der Waals surface area contributed by atoms with E-state index in [-0.39, 0.29) is 24.4 Å². The van der Waals surface area contributed by atoms with Gasteiger partial charge in [-0.3, -0.25) is 9.78 Å². The second-order valence-corrected chi connectivity index (χ2v) is 6.50. The predicted octanol–water partition coefficient (Wildman–Crippen LogP) is 1.56. The van der Waals surface area contributed by atoms with Crippen molar-refractivity contribution in [2.45, 2.75) is 25.3 Å². The molecule has 1 aromatic carbocycles. The van der Waals surface area contributed by atoms with Gasteiger partial charge in [0.2, 0.25) is 5.91 Å². The van der Waals surface area contributed by atoms with Crippen molar-refractivity contribution in [1.82, 2.24) is 20.6 Å². The van der Waals surface area contributed by atoms with Crippen molar-refractivity contribution in [2.75, 3.05) is 30.4 Å². The van der Waals surface area contributed by atoms with Crippen molar-refractivity contribution < 1.29 is 9.59 Å². The normalized spacial score (nSPS) is 16.5. The number of hydrogen-bond acceptors (Lipinski definition) is 5. The molecule has 0 bridgehead atoms. The molecule has 142 valence electrons. The van der Waals surface area contributed by atoms with Gasteiger partial charge in [0.1, 0.15) is 5.82 Å². The molecule has 1 saturated heterocycles. The number of likely N-dealkylation sites (N-methyl/N-ethyl adjacent to an activating group) is 1. The number of urea groups is 1. The molecule has 1 aliphatic heterocycles. The average molecular weight is 368 g/mol. The van der Waals surface area contributed by atoms with Crippen LogP contribution in [0.3, 0.4) is 0 Å². The lowest BCUT2D eigenvalue weighted by Crippen LogP contribution is -2.49.